The number of para-hydroxylation sites is 1. The molecule has 0 bridgehead atoms. The second-order valence-electron chi connectivity index (χ2n) is 13.1. The number of aryl methyl sites for hydroxylation is 6. The van der Waals surface area contributed by atoms with E-state index in [4.69, 9.17) is 9.97 Å². The SMILES string of the molecule is Cc1cc(C)c(N2C(=C/C=C3/C(=O)c4cc5ccccc5nc4C3=O)N(c3c(C)cc(C)cc3C)c3nc4cc(Br)c(Br)cc4nc32)c(C)c1. The normalized spacial score (nSPS) is 14.8. The molecule has 0 N–H and O–H groups in total. The number of carbonyl (C=O) groups excluding carboxylic acids is 2. The van der Waals surface area contributed by atoms with Gasteiger partial charge >= 0.3 is 0 Å². The minimum atomic E-state index is -0.386. The number of anilines is 4. The highest BCUT2D eigenvalue weighted by Crippen LogP contribution is 2.51. The van der Waals surface area contributed by atoms with Gasteiger partial charge in [0.2, 0.25) is 5.78 Å². The third-order valence-electron chi connectivity index (χ3n) is 9.34. The van der Waals surface area contributed by atoms with E-state index < -0.39 is 0 Å². The van der Waals surface area contributed by atoms with Crippen molar-refractivity contribution in [2.45, 2.75) is 41.5 Å². The first-order chi connectivity index (χ1) is 23.9. The highest BCUT2D eigenvalue weighted by atomic mass is 79.9. The summed E-state index contributed by atoms with van der Waals surface area (Å²) in [5.74, 6) is 1.26. The molecule has 6 aromatic rings. The highest BCUT2D eigenvalue weighted by Gasteiger charge is 2.40. The van der Waals surface area contributed by atoms with Gasteiger partial charge in [0.25, 0.3) is 0 Å². The number of hydrogen-bond acceptors (Lipinski definition) is 7. The number of aromatic nitrogens is 3. The molecule has 0 radical (unpaired) electrons. The lowest BCUT2D eigenvalue weighted by Crippen LogP contribution is -2.24. The number of allylic oxidation sites excluding steroid dienone is 3. The third kappa shape index (κ3) is 5.02. The Morgan fingerprint density at radius 2 is 1.08 bits per heavy atom. The van der Waals surface area contributed by atoms with E-state index in [9.17, 15) is 9.59 Å². The molecule has 1 aliphatic heterocycles. The molecule has 4 aromatic carbocycles. The summed E-state index contributed by atoms with van der Waals surface area (Å²) in [7, 11) is 0. The zero-order chi connectivity index (χ0) is 35.2. The first-order valence-corrected chi connectivity index (χ1v) is 17.8. The van der Waals surface area contributed by atoms with E-state index in [-0.39, 0.29) is 22.8 Å². The first-order valence-electron chi connectivity index (χ1n) is 16.2. The van der Waals surface area contributed by atoms with Gasteiger partial charge in [0.1, 0.15) is 11.5 Å². The van der Waals surface area contributed by atoms with Crippen LogP contribution in [0, 0.1) is 41.5 Å². The lowest BCUT2D eigenvalue weighted by molar-refractivity contribution is 0.0987. The van der Waals surface area contributed by atoms with Gasteiger partial charge in [-0.15, -0.1) is 0 Å². The quantitative estimate of drug-likeness (QED) is 0.131. The Hall–Kier alpha value is -4.99. The molecule has 7 nitrogen and oxygen atoms in total. The van der Waals surface area contributed by atoms with Crippen LogP contribution in [0.25, 0.3) is 21.9 Å². The van der Waals surface area contributed by atoms with Gasteiger partial charge in [0, 0.05) is 14.3 Å². The van der Waals surface area contributed by atoms with Gasteiger partial charge < -0.3 is 0 Å². The fraction of sp³-hybridized carbons (Fsp3) is 0.146. The molecule has 0 amide bonds. The monoisotopic (exact) mass is 783 g/mol. The lowest BCUT2D eigenvalue weighted by Gasteiger charge is -2.29. The van der Waals surface area contributed by atoms with E-state index in [2.05, 4.69) is 112 Å². The van der Waals surface area contributed by atoms with Crippen molar-refractivity contribution in [2.24, 2.45) is 0 Å². The maximum atomic E-state index is 13.9. The summed E-state index contributed by atoms with van der Waals surface area (Å²) in [6.07, 6.45) is 3.50. The molecule has 0 saturated heterocycles. The predicted octanol–water partition coefficient (Wildman–Crippen LogP) is 10.7. The van der Waals surface area contributed by atoms with E-state index in [0.717, 1.165) is 70.1 Å². The molecular weight excluding hydrogens is 754 g/mol. The average molecular weight is 786 g/mol. The van der Waals surface area contributed by atoms with E-state index >= 15 is 0 Å². The topological polar surface area (TPSA) is 79.3 Å². The first kappa shape index (κ1) is 32.2. The predicted molar refractivity (Wildman–Crippen MR) is 207 cm³/mol. The molecule has 9 heteroatoms. The van der Waals surface area contributed by atoms with E-state index in [1.54, 1.807) is 12.1 Å². The van der Waals surface area contributed by atoms with Gasteiger partial charge in [-0.3, -0.25) is 19.4 Å². The Morgan fingerprint density at radius 1 is 0.580 bits per heavy atom. The van der Waals surface area contributed by atoms with Crippen LogP contribution in [-0.2, 0) is 0 Å². The van der Waals surface area contributed by atoms with Crippen LogP contribution in [0.4, 0.5) is 23.0 Å². The van der Waals surface area contributed by atoms with Crippen LogP contribution in [0.1, 0.15) is 54.2 Å². The van der Waals surface area contributed by atoms with Crippen molar-refractivity contribution in [1.82, 2.24) is 15.0 Å². The average Bonchev–Trinajstić information content (AvgIpc) is 3.46. The number of carbonyl (C=O) groups is 2. The largest absolute Gasteiger partial charge is 0.288 e. The van der Waals surface area contributed by atoms with E-state index in [0.29, 0.717) is 28.5 Å². The Bertz CT molecular complexity index is 2370. The molecule has 1 aliphatic carbocycles. The number of nitrogens with zero attached hydrogens (tertiary/aromatic N) is 5. The summed E-state index contributed by atoms with van der Waals surface area (Å²) in [5.41, 5.74) is 11.1. The molecule has 246 valence electrons. The van der Waals surface area contributed by atoms with Gasteiger partial charge in [0.05, 0.1) is 39.1 Å². The van der Waals surface area contributed by atoms with Crippen LogP contribution in [0.2, 0.25) is 0 Å². The van der Waals surface area contributed by atoms with Crippen LogP contribution in [-0.4, -0.2) is 26.5 Å². The van der Waals surface area contributed by atoms with Crippen molar-refractivity contribution in [3.05, 3.63) is 144 Å². The zero-order valence-corrected chi connectivity index (χ0v) is 31.5. The molecule has 2 aliphatic rings. The van der Waals surface area contributed by atoms with Crippen LogP contribution < -0.4 is 9.80 Å². The van der Waals surface area contributed by atoms with Crippen LogP contribution in [0.5, 0.6) is 0 Å². The Morgan fingerprint density at radius 3 is 1.60 bits per heavy atom. The summed E-state index contributed by atoms with van der Waals surface area (Å²) in [4.78, 5) is 47.1. The van der Waals surface area contributed by atoms with Crippen molar-refractivity contribution < 1.29 is 9.59 Å². The molecule has 0 fully saturated rings. The molecular formula is C41H31Br2N5O2. The number of hydrogen-bond donors (Lipinski definition) is 0. The minimum Gasteiger partial charge on any atom is -0.288 e. The second-order valence-corrected chi connectivity index (χ2v) is 14.8. The summed E-state index contributed by atoms with van der Waals surface area (Å²) in [6, 6.07) is 21.8. The van der Waals surface area contributed by atoms with Gasteiger partial charge in [0.15, 0.2) is 17.4 Å². The lowest BCUT2D eigenvalue weighted by atomic mass is 10.0. The number of rotatable bonds is 3. The maximum Gasteiger partial charge on any atom is 0.216 e. The number of benzene rings is 4. The molecule has 0 spiro atoms. The molecule has 8 rings (SSSR count). The van der Waals surface area contributed by atoms with Crippen molar-refractivity contribution in [3.8, 4) is 0 Å². The number of ketones is 2. The molecule has 3 heterocycles. The molecule has 0 saturated carbocycles. The van der Waals surface area contributed by atoms with E-state index in [1.807, 2.05) is 42.5 Å². The summed E-state index contributed by atoms with van der Waals surface area (Å²) >= 11 is 7.30. The number of halogens is 2. The van der Waals surface area contributed by atoms with Gasteiger partial charge in [-0.25, -0.2) is 15.0 Å². The third-order valence-corrected chi connectivity index (χ3v) is 11.2. The second kappa shape index (κ2) is 11.8. The molecule has 2 aromatic heterocycles. The maximum absolute atomic E-state index is 13.9. The number of Topliss-reactive ketones (excluding diaryl/α,β-unsaturated/α-hetero) is 2. The molecule has 50 heavy (non-hydrogen) atoms. The number of pyridine rings is 1. The highest BCUT2D eigenvalue weighted by molar-refractivity contribution is 9.13. The van der Waals surface area contributed by atoms with Crippen molar-refractivity contribution in [3.63, 3.8) is 0 Å². The summed E-state index contributed by atoms with van der Waals surface area (Å²) in [5, 5.41) is 0.814. The Balaban J connectivity index is 1.42. The van der Waals surface area contributed by atoms with Crippen LogP contribution >= 0.6 is 31.9 Å². The van der Waals surface area contributed by atoms with E-state index in [1.165, 1.54) is 0 Å². The van der Waals surface area contributed by atoms with Gasteiger partial charge in [-0.2, -0.15) is 0 Å². The van der Waals surface area contributed by atoms with Crippen molar-refractivity contribution in [1.29, 1.82) is 0 Å². The summed E-state index contributed by atoms with van der Waals surface area (Å²) < 4.78 is 1.74. The molecule has 0 unspecified atom stereocenters. The van der Waals surface area contributed by atoms with Crippen LogP contribution in [0.3, 0.4) is 0 Å². The minimum absolute atomic E-state index is 0.0693. The number of fused-ring (bicyclic) bond motifs is 4. The Labute approximate surface area is 306 Å². The fourth-order valence-electron chi connectivity index (χ4n) is 7.44. The van der Waals surface area contributed by atoms with Crippen molar-refractivity contribution in [2.75, 3.05) is 9.80 Å². The van der Waals surface area contributed by atoms with Crippen molar-refractivity contribution >= 4 is 88.4 Å². The summed E-state index contributed by atoms with van der Waals surface area (Å²) in [6.45, 7) is 12.5. The van der Waals surface area contributed by atoms with Gasteiger partial charge in [-0.1, -0.05) is 53.6 Å². The van der Waals surface area contributed by atoms with Crippen LogP contribution in [0.15, 0.2) is 99.2 Å². The molecule has 0 atom stereocenters. The smallest absolute Gasteiger partial charge is 0.216 e. The van der Waals surface area contributed by atoms with Gasteiger partial charge in [-0.05, 0) is 132 Å². The Kier molecular flexibility index (Phi) is 7.62. The standard InChI is InChI=1S/C41H31Br2N5O2/c1-20-13-22(3)36(23(4)14-20)47-34(12-11-27-38(49)28-17-26-9-7-8-10-31(26)44-35(28)39(27)50)48(37-24(5)15-21(2)16-25(37)6)41-40(47)45-32-18-29(42)30(43)19-33(32)46-41/h7-19H,1-6H3/b27-11-. The fourth-order valence-corrected chi connectivity index (χ4v) is 8.10. The zero-order valence-electron chi connectivity index (χ0n) is 28.3.